The van der Waals surface area contributed by atoms with Crippen LogP contribution in [0.25, 0.3) is 0 Å². The summed E-state index contributed by atoms with van der Waals surface area (Å²) in [7, 11) is 1.54. The Morgan fingerprint density at radius 1 is 1.50 bits per heavy atom. The molecule has 64 valence electrons. The molecule has 0 amide bonds. The number of hydrogen-bond acceptors (Lipinski definition) is 3. The van der Waals surface area contributed by atoms with E-state index in [0.29, 0.717) is 11.3 Å². The topological polar surface area (TPSA) is 53.3 Å². The highest BCUT2D eigenvalue weighted by Crippen LogP contribution is 2.25. The van der Waals surface area contributed by atoms with Crippen LogP contribution in [0.1, 0.15) is 11.1 Å². The Bertz CT molecular complexity index is 284. The zero-order valence-corrected chi connectivity index (χ0v) is 7.09. The maximum absolute atomic E-state index is 9.37. The van der Waals surface area contributed by atoms with Crippen molar-refractivity contribution in [2.45, 2.75) is 6.92 Å². The van der Waals surface area contributed by atoms with E-state index < -0.39 is 0 Å². The van der Waals surface area contributed by atoms with Crippen LogP contribution < -0.4 is 4.74 Å². The van der Waals surface area contributed by atoms with E-state index >= 15 is 0 Å². The first-order valence-electron chi connectivity index (χ1n) is 3.57. The van der Waals surface area contributed by atoms with Gasteiger partial charge in [0.1, 0.15) is 11.5 Å². The molecule has 2 N–H and O–H groups in total. The van der Waals surface area contributed by atoms with Crippen LogP contribution in [-0.2, 0) is 0 Å². The third kappa shape index (κ3) is 1.39. The van der Waals surface area contributed by atoms with Crippen molar-refractivity contribution in [2.24, 2.45) is 0 Å². The van der Waals surface area contributed by atoms with Crippen molar-refractivity contribution in [1.29, 1.82) is 5.41 Å². The molecule has 1 aromatic carbocycles. The number of aromatic hydroxyl groups is 1. The SMILES string of the molecule is COc1cc(C)c(C=N)c(O)c1. The molecule has 0 unspecified atom stereocenters. The summed E-state index contributed by atoms with van der Waals surface area (Å²) in [5.41, 5.74) is 1.37. The number of phenols is 1. The Labute approximate surface area is 71.1 Å². The van der Waals surface area contributed by atoms with Crippen molar-refractivity contribution in [3.8, 4) is 11.5 Å². The number of nitrogens with one attached hydrogen (secondary N) is 1. The summed E-state index contributed by atoms with van der Waals surface area (Å²) in [6.45, 7) is 1.82. The minimum Gasteiger partial charge on any atom is -0.507 e. The maximum atomic E-state index is 9.37. The molecule has 0 aliphatic carbocycles. The van der Waals surface area contributed by atoms with Crippen LogP contribution in [0.5, 0.6) is 11.5 Å². The van der Waals surface area contributed by atoms with Crippen molar-refractivity contribution in [3.63, 3.8) is 0 Å². The summed E-state index contributed by atoms with van der Waals surface area (Å²) in [4.78, 5) is 0. The number of rotatable bonds is 2. The standard InChI is InChI=1S/C9H11NO2/c1-6-3-7(12-2)4-9(11)8(6)5-10/h3-5,10-11H,1-2H3. The fourth-order valence-corrected chi connectivity index (χ4v) is 1.05. The molecule has 0 heterocycles. The second kappa shape index (κ2) is 3.26. The van der Waals surface area contributed by atoms with E-state index in [-0.39, 0.29) is 5.75 Å². The highest BCUT2D eigenvalue weighted by atomic mass is 16.5. The van der Waals surface area contributed by atoms with E-state index in [1.54, 1.807) is 6.07 Å². The van der Waals surface area contributed by atoms with Crippen molar-refractivity contribution < 1.29 is 9.84 Å². The summed E-state index contributed by atoms with van der Waals surface area (Å²) >= 11 is 0. The second-order valence-corrected chi connectivity index (χ2v) is 2.52. The fourth-order valence-electron chi connectivity index (χ4n) is 1.05. The normalized spacial score (nSPS) is 9.50. The average molecular weight is 165 g/mol. The zero-order valence-electron chi connectivity index (χ0n) is 7.09. The fraction of sp³-hybridized carbons (Fsp3) is 0.222. The third-order valence-electron chi connectivity index (χ3n) is 1.72. The van der Waals surface area contributed by atoms with Gasteiger partial charge in [-0.05, 0) is 18.6 Å². The highest BCUT2D eigenvalue weighted by molar-refractivity contribution is 5.83. The van der Waals surface area contributed by atoms with Gasteiger partial charge in [-0.3, -0.25) is 0 Å². The zero-order chi connectivity index (χ0) is 9.14. The first kappa shape index (κ1) is 8.59. The van der Waals surface area contributed by atoms with E-state index in [2.05, 4.69) is 0 Å². The Morgan fingerprint density at radius 3 is 2.58 bits per heavy atom. The first-order valence-corrected chi connectivity index (χ1v) is 3.57. The molecule has 0 aliphatic heterocycles. The lowest BCUT2D eigenvalue weighted by molar-refractivity contribution is 0.407. The molecule has 0 aliphatic rings. The number of phenolic OH excluding ortho intramolecular Hbond substituents is 1. The minimum absolute atomic E-state index is 0.0850. The van der Waals surface area contributed by atoms with Crippen molar-refractivity contribution in [2.75, 3.05) is 7.11 Å². The van der Waals surface area contributed by atoms with Crippen LogP contribution >= 0.6 is 0 Å². The van der Waals surface area contributed by atoms with Crippen molar-refractivity contribution in [1.82, 2.24) is 0 Å². The van der Waals surface area contributed by atoms with Crippen LogP contribution in [0.15, 0.2) is 12.1 Å². The molecule has 0 fully saturated rings. The van der Waals surface area contributed by atoms with Gasteiger partial charge in [-0.1, -0.05) is 0 Å². The smallest absolute Gasteiger partial charge is 0.128 e. The van der Waals surface area contributed by atoms with E-state index in [1.165, 1.54) is 13.2 Å². The number of benzene rings is 1. The Balaban J connectivity index is 3.27. The van der Waals surface area contributed by atoms with Crippen LogP contribution in [0.4, 0.5) is 0 Å². The van der Waals surface area contributed by atoms with Gasteiger partial charge in [-0.2, -0.15) is 0 Å². The molecule has 3 nitrogen and oxygen atoms in total. The molecule has 1 aromatic rings. The van der Waals surface area contributed by atoms with Crippen LogP contribution in [0.2, 0.25) is 0 Å². The van der Waals surface area contributed by atoms with Crippen molar-refractivity contribution in [3.05, 3.63) is 23.3 Å². The molecule has 0 radical (unpaired) electrons. The molecular formula is C9H11NO2. The molecule has 0 aromatic heterocycles. The first-order chi connectivity index (χ1) is 5.69. The number of ether oxygens (including phenoxy) is 1. The average Bonchev–Trinajstić information content (AvgIpc) is 2.03. The van der Waals surface area contributed by atoms with Gasteiger partial charge in [0.15, 0.2) is 0 Å². The highest BCUT2D eigenvalue weighted by Gasteiger charge is 2.04. The van der Waals surface area contributed by atoms with Crippen molar-refractivity contribution >= 4 is 6.21 Å². The summed E-state index contributed by atoms with van der Waals surface area (Å²) in [6.07, 6.45) is 1.13. The Hall–Kier alpha value is -1.51. The largest absolute Gasteiger partial charge is 0.507 e. The number of aryl methyl sites for hydroxylation is 1. The number of hydrogen-bond donors (Lipinski definition) is 2. The molecular weight excluding hydrogens is 154 g/mol. The summed E-state index contributed by atoms with van der Waals surface area (Å²) < 4.78 is 4.94. The molecule has 3 heteroatoms. The van der Waals surface area contributed by atoms with Crippen LogP contribution in [0, 0.1) is 12.3 Å². The van der Waals surface area contributed by atoms with E-state index in [4.69, 9.17) is 10.1 Å². The second-order valence-electron chi connectivity index (χ2n) is 2.52. The maximum Gasteiger partial charge on any atom is 0.128 e. The van der Waals surface area contributed by atoms with E-state index in [1.807, 2.05) is 6.92 Å². The van der Waals surface area contributed by atoms with Crippen LogP contribution in [-0.4, -0.2) is 18.4 Å². The third-order valence-corrected chi connectivity index (χ3v) is 1.72. The van der Waals surface area contributed by atoms with Gasteiger partial charge in [-0.25, -0.2) is 0 Å². The van der Waals surface area contributed by atoms with Gasteiger partial charge in [0.25, 0.3) is 0 Å². The summed E-state index contributed by atoms with van der Waals surface area (Å²) in [5.74, 6) is 0.692. The Kier molecular flexibility index (Phi) is 2.33. The molecule has 1 rings (SSSR count). The summed E-state index contributed by atoms with van der Waals surface area (Å²) in [5, 5.41) is 16.4. The van der Waals surface area contributed by atoms with Crippen LogP contribution in [0.3, 0.4) is 0 Å². The molecule has 12 heavy (non-hydrogen) atoms. The molecule has 0 saturated heterocycles. The van der Waals surface area contributed by atoms with Gasteiger partial charge in [0.2, 0.25) is 0 Å². The molecule has 0 atom stereocenters. The van der Waals surface area contributed by atoms with Gasteiger partial charge in [0, 0.05) is 17.8 Å². The predicted molar refractivity (Wildman–Crippen MR) is 47.3 cm³/mol. The lowest BCUT2D eigenvalue weighted by atomic mass is 10.1. The Morgan fingerprint density at radius 2 is 2.17 bits per heavy atom. The minimum atomic E-state index is 0.0850. The summed E-state index contributed by atoms with van der Waals surface area (Å²) in [6, 6.07) is 3.27. The van der Waals surface area contributed by atoms with Gasteiger partial charge in [-0.15, -0.1) is 0 Å². The van der Waals surface area contributed by atoms with E-state index in [0.717, 1.165) is 11.8 Å². The predicted octanol–water partition coefficient (Wildman–Crippen LogP) is 1.71. The van der Waals surface area contributed by atoms with E-state index in [9.17, 15) is 5.11 Å². The quantitative estimate of drug-likeness (QED) is 0.655. The number of methoxy groups -OCH3 is 1. The molecule has 0 spiro atoms. The van der Waals surface area contributed by atoms with Gasteiger partial charge < -0.3 is 15.3 Å². The van der Waals surface area contributed by atoms with Gasteiger partial charge >= 0.3 is 0 Å². The monoisotopic (exact) mass is 165 g/mol. The van der Waals surface area contributed by atoms with Gasteiger partial charge in [0.05, 0.1) is 7.11 Å². The lowest BCUT2D eigenvalue weighted by Gasteiger charge is -2.05. The molecule has 0 saturated carbocycles. The lowest BCUT2D eigenvalue weighted by Crippen LogP contribution is -1.90. The molecule has 0 bridgehead atoms.